The first-order valence-electron chi connectivity index (χ1n) is 12.1. The maximum absolute atomic E-state index is 12.8. The SMILES string of the molecule is C[C@H]1CC2(CCN(c3cnc(Sc4cccc(NC(=O)c5ccccc5C(=O)O)c4Cl)cn3)CC2)CO1. The molecular formula is C27H27ClN4O4S. The van der Waals surface area contributed by atoms with E-state index in [0.29, 0.717) is 32.2 Å². The van der Waals surface area contributed by atoms with Crippen molar-refractivity contribution in [1.82, 2.24) is 9.97 Å². The number of carboxylic acid groups (broad SMARTS) is 1. The summed E-state index contributed by atoms with van der Waals surface area (Å²) in [4.78, 5) is 36.4. The van der Waals surface area contributed by atoms with Crippen molar-refractivity contribution in [2.45, 2.75) is 42.2 Å². The summed E-state index contributed by atoms with van der Waals surface area (Å²) in [5.74, 6) is -0.863. The second-order valence-electron chi connectivity index (χ2n) is 9.55. The average Bonchev–Trinajstić information content (AvgIpc) is 3.26. The molecule has 0 saturated carbocycles. The van der Waals surface area contributed by atoms with Gasteiger partial charge in [0.15, 0.2) is 0 Å². The zero-order valence-corrected chi connectivity index (χ0v) is 21.9. The van der Waals surface area contributed by atoms with Gasteiger partial charge in [-0.3, -0.25) is 4.79 Å². The summed E-state index contributed by atoms with van der Waals surface area (Å²) < 4.78 is 5.83. The highest BCUT2D eigenvalue weighted by Gasteiger charge is 2.41. The van der Waals surface area contributed by atoms with E-state index in [1.165, 1.54) is 23.9 Å². The molecule has 3 aromatic rings. The average molecular weight is 539 g/mol. The number of rotatable bonds is 6. The number of carboxylic acids is 1. The molecule has 0 unspecified atom stereocenters. The largest absolute Gasteiger partial charge is 0.478 e. The Hall–Kier alpha value is -3.14. The van der Waals surface area contributed by atoms with Crippen molar-refractivity contribution in [2.75, 3.05) is 29.9 Å². The fraction of sp³-hybridized carbons (Fsp3) is 0.333. The quantitative estimate of drug-likeness (QED) is 0.416. The summed E-state index contributed by atoms with van der Waals surface area (Å²) in [5.41, 5.74) is 0.677. The zero-order valence-electron chi connectivity index (χ0n) is 20.3. The highest BCUT2D eigenvalue weighted by molar-refractivity contribution is 7.99. The third-order valence-electron chi connectivity index (χ3n) is 6.99. The Balaban J connectivity index is 1.24. The zero-order chi connectivity index (χ0) is 26.0. The van der Waals surface area contributed by atoms with Crippen LogP contribution in [0.5, 0.6) is 0 Å². The summed E-state index contributed by atoms with van der Waals surface area (Å²) in [7, 11) is 0. The number of hydrogen-bond acceptors (Lipinski definition) is 7. The first-order valence-corrected chi connectivity index (χ1v) is 13.3. The van der Waals surface area contributed by atoms with E-state index in [1.807, 2.05) is 6.07 Å². The van der Waals surface area contributed by atoms with Crippen LogP contribution in [0, 0.1) is 5.41 Å². The molecule has 0 bridgehead atoms. The van der Waals surface area contributed by atoms with Gasteiger partial charge < -0.3 is 20.1 Å². The number of piperidine rings is 1. The number of amides is 1. The number of anilines is 2. The van der Waals surface area contributed by atoms with E-state index in [2.05, 4.69) is 27.1 Å². The van der Waals surface area contributed by atoms with Crippen LogP contribution >= 0.6 is 23.4 Å². The number of aromatic carboxylic acids is 1. The molecule has 5 rings (SSSR count). The van der Waals surface area contributed by atoms with Crippen molar-refractivity contribution in [3.63, 3.8) is 0 Å². The van der Waals surface area contributed by atoms with E-state index in [0.717, 1.165) is 44.8 Å². The van der Waals surface area contributed by atoms with Crippen LogP contribution in [0.3, 0.4) is 0 Å². The molecule has 1 spiro atoms. The third kappa shape index (κ3) is 5.58. The molecule has 0 radical (unpaired) electrons. The van der Waals surface area contributed by atoms with Crippen molar-refractivity contribution in [3.05, 3.63) is 71.0 Å². The van der Waals surface area contributed by atoms with Gasteiger partial charge in [-0.1, -0.05) is 41.6 Å². The monoisotopic (exact) mass is 538 g/mol. The Kier molecular flexibility index (Phi) is 7.37. The van der Waals surface area contributed by atoms with Gasteiger partial charge in [0.25, 0.3) is 5.91 Å². The standard InChI is InChI=1S/C27H27ClN4O4S/c1-17-13-27(16-36-17)9-11-32(12-10-27)22-14-30-23(15-29-22)37-21-8-4-7-20(24(21)28)31-25(33)18-5-2-3-6-19(18)26(34)35/h2-8,14-15,17H,9-13,16H2,1H3,(H,31,33)(H,34,35)/t17-/m0/s1. The van der Waals surface area contributed by atoms with Crippen molar-refractivity contribution >= 4 is 46.7 Å². The van der Waals surface area contributed by atoms with Gasteiger partial charge in [-0.05, 0) is 55.9 Å². The topological polar surface area (TPSA) is 105 Å². The van der Waals surface area contributed by atoms with Crippen LogP contribution in [0.15, 0.2) is 64.8 Å². The molecule has 1 amide bonds. The van der Waals surface area contributed by atoms with Gasteiger partial charge >= 0.3 is 5.97 Å². The molecule has 1 aromatic heterocycles. The van der Waals surface area contributed by atoms with E-state index < -0.39 is 11.9 Å². The molecule has 1 atom stereocenters. The molecule has 2 aromatic carbocycles. The molecule has 2 saturated heterocycles. The van der Waals surface area contributed by atoms with E-state index in [9.17, 15) is 14.7 Å². The van der Waals surface area contributed by atoms with Crippen LogP contribution in [0.2, 0.25) is 5.02 Å². The third-order valence-corrected chi connectivity index (χ3v) is 8.48. The van der Waals surface area contributed by atoms with E-state index in [1.54, 1.807) is 36.7 Å². The highest BCUT2D eigenvalue weighted by Crippen LogP contribution is 2.42. The minimum atomic E-state index is -1.17. The predicted molar refractivity (Wildman–Crippen MR) is 143 cm³/mol. The first-order chi connectivity index (χ1) is 17.8. The van der Waals surface area contributed by atoms with Gasteiger partial charge in [0, 0.05) is 18.0 Å². The van der Waals surface area contributed by atoms with Crippen LogP contribution in [0.1, 0.15) is 46.9 Å². The van der Waals surface area contributed by atoms with Gasteiger partial charge in [0.1, 0.15) is 10.8 Å². The Labute approximate surface area is 224 Å². The molecule has 192 valence electrons. The lowest BCUT2D eigenvalue weighted by Gasteiger charge is -2.38. The Morgan fingerprint density at radius 1 is 1.11 bits per heavy atom. The number of carbonyl (C=O) groups excluding carboxylic acids is 1. The van der Waals surface area contributed by atoms with Gasteiger partial charge in [-0.25, -0.2) is 14.8 Å². The summed E-state index contributed by atoms with van der Waals surface area (Å²) in [6.45, 7) is 4.89. The minimum Gasteiger partial charge on any atom is -0.478 e. The number of nitrogens with zero attached hydrogens (tertiary/aromatic N) is 3. The number of ether oxygens (including phenoxy) is 1. The Bertz CT molecular complexity index is 1310. The number of halogens is 1. The van der Waals surface area contributed by atoms with Crippen LogP contribution in [-0.2, 0) is 4.74 Å². The lowest BCUT2D eigenvalue weighted by atomic mass is 9.77. The van der Waals surface area contributed by atoms with Crippen molar-refractivity contribution in [2.24, 2.45) is 5.41 Å². The van der Waals surface area contributed by atoms with Crippen molar-refractivity contribution < 1.29 is 19.4 Å². The first kappa shape index (κ1) is 25.5. The van der Waals surface area contributed by atoms with Gasteiger partial charge in [-0.2, -0.15) is 0 Å². The molecule has 8 nitrogen and oxygen atoms in total. The van der Waals surface area contributed by atoms with E-state index >= 15 is 0 Å². The molecule has 2 aliphatic rings. The van der Waals surface area contributed by atoms with Gasteiger partial charge in [-0.15, -0.1) is 0 Å². The molecular weight excluding hydrogens is 512 g/mol. The second kappa shape index (κ2) is 10.7. The molecule has 37 heavy (non-hydrogen) atoms. The summed E-state index contributed by atoms with van der Waals surface area (Å²) >= 11 is 7.94. The summed E-state index contributed by atoms with van der Waals surface area (Å²) in [6, 6.07) is 11.3. The maximum atomic E-state index is 12.8. The van der Waals surface area contributed by atoms with Crippen molar-refractivity contribution in [3.8, 4) is 0 Å². The number of aromatic nitrogens is 2. The fourth-order valence-electron chi connectivity index (χ4n) is 4.99. The smallest absolute Gasteiger partial charge is 0.336 e. The number of hydrogen-bond donors (Lipinski definition) is 2. The fourth-order valence-corrected chi connectivity index (χ4v) is 6.06. The number of nitrogens with one attached hydrogen (secondary N) is 1. The summed E-state index contributed by atoms with van der Waals surface area (Å²) in [6.07, 6.45) is 7.20. The lowest BCUT2D eigenvalue weighted by Crippen LogP contribution is -2.41. The molecule has 3 heterocycles. The molecule has 10 heteroatoms. The van der Waals surface area contributed by atoms with E-state index in [4.69, 9.17) is 16.3 Å². The van der Waals surface area contributed by atoms with Crippen LogP contribution < -0.4 is 10.2 Å². The van der Waals surface area contributed by atoms with Gasteiger partial charge in [0.2, 0.25) is 0 Å². The number of benzene rings is 2. The van der Waals surface area contributed by atoms with Crippen LogP contribution in [-0.4, -0.2) is 52.8 Å². The van der Waals surface area contributed by atoms with Crippen LogP contribution in [0.4, 0.5) is 11.5 Å². The molecule has 2 N–H and O–H groups in total. The maximum Gasteiger partial charge on any atom is 0.336 e. The number of carbonyl (C=O) groups is 2. The molecule has 2 aliphatic heterocycles. The van der Waals surface area contributed by atoms with Crippen molar-refractivity contribution in [1.29, 1.82) is 0 Å². The Morgan fingerprint density at radius 2 is 1.86 bits per heavy atom. The van der Waals surface area contributed by atoms with E-state index in [-0.39, 0.29) is 11.1 Å². The molecule has 2 fully saturated rings. The molecule has 0 aliphatic carbocycles. The minimum absolute atomic E-state index is 0.0594. The Morgan fingerprint density at radius 3 is 2.51 bits per heavy atom. The summed E-state index contributed by atoms with van der Waals surface area (Å²) in [5, 5.41) is 13.1. The lowest BCUT2D eigenvalue weighted by molar-refractivity contribution is 0.0692. The predicted octanol–water partition coefficient (Wildman–Crippen LogP) is 5.63. The second-order valence-corrected chi connectivity index (χ2v) is 11.0. The van der Waals surface area contributed by atoms with Gasteiger partial charge in [0.05, 0.1) is 46.9 Å². The normalized spacial score (nSPS) is 18.6. The van der Waals surface area contributed by atoms with Crippen LogP contribution in [0.25, 0.3) is 0 Å². The highest BCUT2D eigenvalue weighted by atomic mass is 35.5.